The van der Waals surface area contributed by atoms with Crippen LogP contribution in [0.1, 0.15) is 24.8 Å². The fourth-order valence-electron chi connectivity index (χ4n) is 2.11. The lowest BCUT2D eigenvalue weighted by atomic mass is 10.1. The fourth-order valence-corrected chi connectivity index (χ4v) is 2.11. The first-order valence-electron chi connectivity index (χ1n) is 6.45. The first-order chi connectivity index (χ1) is 9.20. The number of amides is 1. The van der Waals surface area contributed by atoms with E-state index in [1.807, 2.05) is 0 Å². The highest BCUT2D eigenvalue weighted by atomic mass is 19.1. The maximum atomic E-state index is 13.5. The molecular formula is C14H18FNO3. The van der Waals surface area contributed by atoms with Crippen LogP contribution in [0.3, 0.4) is 0 Å². The Bertz CT molecular complexity index is 444. The van der Waals surface area contributed by atoms with Crippen LogP contribution >= 0.6 is 0 Å². The monoisotopic (exact) mass is 267 g/mol. The molecule has 0 aliphatic carbocycles. The van der Waals surface area contributed by atoms with Gasteiger partial charge in [-0.05, 0) is 37.0 Å². The average molecular weight is 267 g/mol. The highest BCUT2D eigenvalue weighted by Crippen LogP contribution is 2.18. The molecule has 0 unspecified atom stereocenters. The molecule has 0 aromatic heterocycles. The van der Waals surface area contributed by atoms with E-state index in [4.69, 9.17) is 9.47 Å². The van der Waals surface area contributed by atoms with Gasteiger partial charge in [0, 0.05) is 13.1 Å². The summed E-state index contributed by atoms with van der Waals surface area (Å²) in [5.74, 6) is -0.264. The zero-order valence-corrected chi connectivity index (χ0v) is 11.0. The Morgan fingerprint density at radius 2 is 2.05 bits per heavy atom. The number of methoxy groups -OCH3 is 1. The lowest BCUT2D eigenvalue weighted by Gasteiger charge is -2.25. The van der Waals surface area contributed by atoms with Crippen LogP contribution in [0.25, 0.3) is 0 Å². The van der Waals surface area contributed by atoms with Crippen LogP contribution in [0, 0.1) is 5.82 Å². The largest absolute Gasteiger partial charge is 0.494 e. The van der Waals surface area contributed by atoms with Crippen molar-refractivity contribution in [2.45, 2.75) is 25.9 Å². The molecule has 1 aliphatic heterocycles. The van der Waals surface area contributed by atoms with Crippen LogP contribution in [0.15, 0.2) is 18.2 Å². The van der Waals surface area contributed by atoms with Gasteiger partial charge in [0.2, 0.25) is 0 Å². The van der Waals surface area contributed by atoms with Crippen molar-refractivity contribution in [3.63, 3.8) is 0 Å². The number of carbonyl (C=O) groups excluding carboxylic acids is 1. The fraction of sp³-hybridized carbons (Fsp3) is 0.500. The van der Waals surface area contributed by atoms with Gasteiger partial charge in [0.15, 0.2) is 11.6 Å². The van der Waals surface area contributed by atoms with Crippen molar-refractivity contribution in [1.82, 2.24) is 4.90 Å². The van der Waals surface area contributed by atoms with E-state index < -0.39 is 5.82 Å². The highest BCUT2D eigenvalue weighted by Gasteiger charge is 2.17. The van der Waals surface area contributed by atoms with Crippen LogP contribution in [-0.4, -0.2) is 31.2 Å². The van der Waals surface area contributed by atoms with E-state index in [1.165, 1.54) is 19.2 Å². The smallest absolute Gasteiger partial charge is 0.410 e. The third-order valence-electron chi connectivity index (χ3n) is 3.19. The number of ether oxygens (including phenoxy) is 2. The van der Waals surface area contributed by atoms with Gasteiger partial charge in [-0.2, -0.15) is 0 Å². The molecule has 0 atom stereocenters. The summed E-state index contributed by atoms with van der Waals surface area (Å²) in [6.07, 6.45) is 2.88. The molecule has 2 rings (SSSR count). The van der Waals surface area contributed by atoms with E-state index in [-0.39, 0.29) is 18.4 Å². The van der Waals surface area contributed by atoms with Crippen LogP contribution in [0.4, 0.5) is 9.18 Å². The second-order valence-corrected chi connectivity index (χ2v) is 4.57. The number of rotatable bonds is 3. The number of benzene rings is 1. The second kappa shape index (κ2) is 6.41. The summed E-state index contributed by atoms with van der Waals surface area (Å²) in [6, 6.07) is 4.53. The van der Waals surface area contributed by atoms with Crippen LogP contribution in [0.2, 0.25) is 0 Å². The molecule has 0 bridgehead atoms. The molecule has 1 saturated heterocycles. The van der Waals surface area contributed by atoms with Gasteiger partial charge in [-0.3, -0.25) is 0 Å². The third kappa shape index (κ3) is 3.59. The van der Waals surface area contributed by atoms with E-state index >= 15 is 0 Å². The van der Waals surface area contributed by atoms with E-state index in [1.54, 1.807) is 11.0 Å². The van der Waals surface area contributed by atoms with E-state index in [2.05, 4.69) is 0 Å². The zero-order chi connectivity index (χ0) is 13.7. The normalized spacial score (nSPS) is 15.2. The van der Waals surface area contributed by atoms with E-state index in [0.717, 1.165) is 32.4 Å². The molecule has 1 aliphatic rings. The topological polar surface area (TPSA) is 38.8 Å². The minimum atomic E-state index is -0.450. The summed E-state index contributed by atoms with van der Waals surface area (Å²) in [5, 5.41) is 0. The van der Waals surface area contributed by atoms with Gasteiger partial charge in [-0.15, -0.1) is 0 Å². The van der Waals surface area contributed by atoms with Crippen molar-refractivity contribution in [1.29, 1.82) is 0 Å². The molecule has 1 amide bonds. The zero-order valence-electron chi connectivity index (χ0n) is 11.0. The molecule has 0 N–H and O–H groups in total. The maximum Gasteiger partial charge on any atom is 0.410 e. The number of carbonyl (C=O) groups is 1. The number of halogens is 1. The minimum absolute atomic E-state index is 0.0796. The number of piperidine rings is 1. The van der Waals surface area contributed by atoms with Crippen molar-refractivity contribution in [3.8, 4) is 5.75 Å². The molecule has 19 heavy (non-hydrogen) atoms. The van der Waals surface area contributed by atoms with Gasteiger partial charge in [-0.25, -0.2) is 9.18 Å². The number of nitrogens with zero attached hydrogens (tertiary/aromatic N) is 1. The Balaban J connectivity index is 1.87. The molecule has 4 nitrogen and oxygen atoms in total. The Kier molecular flexibility index (Phi) is 4.60. The minimum Gasteiger partial charge on any atom is -0.494 e. The predicted molar refractivity (Wildman–Crippen MR) is 68.6 cm³/mol. The Morgan fingerprint density at radius 3 is 2.68 bits per heavy atom. The average Bonchev–Trinajstić information content (AvgIpc) is 2.46. The molecular weight excluding hydrogens is 249 g/mol. The third-order valence-corrected chi connectivity index (χ3v) is 3.19. The second-order valence-electron chi connectivity index (χ2n) is 4.57. The Labute approximate surface area is 112 Å². The van der Waals surface area contributed by atoms with Gasteiger partial charge < -0.3 is 14.4 Å². The molecule has 5 heteroatoms. The van der Waals surface area contributed by atoms with Crippen molar-refractivity contribution in [2.24, 2.45) is 0 Å². The van der Waals surface area contributed by atoms with Crippen LogP contribution in [-0.2, 0) is 11.3 Å². The lowest BCUT2D eigenvalue weighted by Crippen LogP contribution is -2.35. The first-order valence-corrected chi connectivity index (χ1v) is 6.45. The van der Waals surface area contributed by atoms with Crippen molar-refractivity contribution in [2.75, 3.05) is 20.2 Å². The number of hydrogen-bond acceptors (Lipinski definition) is 3. The van der Waals surface area contributed by atoms with E-state index in [0.29, 0.717) is 5.56 Å². The number of hydrogen-bond donors (Lipinski definition) is 0. The van der Waals surface area contributed by atoms with Crippen LogP contribution < -0.4 is 4.74 Å². The molecule has 0 radical (unpaired) electrons. The van der Waals surface area contributed by atoms with Gasteiger partial charge in [0.25, 0.3) is 0 Å². The summed E-state index contributed by atoms with van der Waals surface area (Å²) in [6.45, 7) is 1.57. The molecule has 104 valence electrons. The molecule has 1 fully saturated rings. The van der Waals surface area contributed by atoms with Gasteiger partial charge in [0.1, 0.15) is 6.61 Å². The lowest BCUT2D eigenvalue weighted by molar-refractivity contribution is 0.0893. The standard InChI is InChI=1S/C14H18FNO3/c1-18-13-6-5-11(9-12(13)15)10-19-14(17)16-7-3-2-4-8-16/h5-6,9H,2-4,7-8,10H2,1H3. The Morgan fingerprint density at radius 1 is 1.32 bits per heavy atom. The van der Waals surface area contributed by atoms with Gasteiger partial charge in [0.05, 0.1) is 7.11 Å². The molecule has 1 heterocycles. The number of likely N-dealkylation sites (tertiary alicyclic amines) is 1. The quantitative estimate of drug-likeness (QED) is 0.845. The van der Waals surface area contributed by atoms with Crippen molar-refractivity contribution in [3.05, 3.63) is 29.6 Å². The summed E-state index contributed by atoms with van der Waals surface area (Å²) in [7, 11) is 1.41. The summed E-state index contributed by atoms with van der Waals surface area (Å²) >= 11 is 0. The molecule has 0 spiro atoms. The van der Waals surface area contributed by atoms with Crippen LogP contribution in [0.5, 0.6) is 5.75 Å². The maximum absolute atomic E-state index is 13.5. The summed E-state index contributed by atoms with van der Waals surface area (Å²) < 4.78 is 23.5. The highest BCUT2D eigenvalue weighted by molar-refractivity contribution is 5.67. The predicted octanol–water partition coefficient (Wildman–Crippen LogP) is 2.96. The Hall–Kier alpha value is -1.78. The van der Waals surface area contributed by atoms with Gasteiger partial charge in [-0.1, -0.05) is 6.07 Å². The molecule has 1 aromatic rings. The SMILES string of the molecule is COc1ccc(COC(=O)N2CCCCC2)cc1F. The van der Waals surface area contributed by atoms with E-state index in [9.17, 15) is 9.18 Å². The first kappa shape index (κ1) is 13.6. The van der Waals surface area contributed by atoms with Crippen molar-refractivity contribution >= 4 is 6.09 Å². The van der Waals surface area contributed by atoms with Gasteiger partial charge >= 0.3 is 6.09 Å². The summed E-state index contributed by atoms with van der Waals surface area (Å²) in [4.78, 5) is 13.5. The molecule has 1 aromatic carbocycles. The molecule has 0 saturated carbocycles. The summed E-state index contributed by atoms with van der Waals surface area (Å²) in [5.41, 5.74) is 0.614. The van der Waals surface area contributed by atoms with Crippen molar-refractivity contribution < 1.29 is 18.7 Å².